The van der Waals surface area contributed by atoms with Crippen molar-refractivity contribution in [2.24, 2.45) is 5.92 Å². The van der Waals surface area contributed by atoms with Crippen molar-refractivity contribution in [1.29, 1.82) is 0 Å². The first-order valence-electron chi connectivity index (χ1n) is 5.70. The summed E-state index contributed by atoms with van der Waals surface area (Å²) in [6.45, 7) is 3.59. The lowest BCUT2D eigenvalue weighted by molar-refractivity contribution is 0.00690. The first-order valence-corrected chi connectivity index (χ1v) is 6.49. The molecule has 1 unspecified atom stereocenters. The molecule has 1 N–H and O–H groups in total. The van der Waals surface area contributed by atoms with Crippen LogP contribution in [0.2, 0.25) is 0 Å². The highest BCUT2D eigenvalue weighted by Crippen LogP contribution is 2.34. The van der Waals surface area contributed by atoms with Crippen molar-refractivity contribution < 1.29 is 9.84 Å². The number of rotatable bonds is 2. The Balaban J connectivity index is 2.18. The van der Waals surface area contributed by atoms with E-state index in [0.717, 1.165) is 36.1 Å². The molecule has 2 rings (SSSR count). The van der Waals surface area contributed by atoms with E-state index in [9.17, 15) is 5.11 Å². The van der Waals surface area contributed by atoms with Crippen molar-refractivity contribution in [3.63, 3.8) is 0 Å². The average Bonchev–Trinajstić information content (AvgIpc) is 2.32. The van der Waals surface area contributed by atoms with Gasteiger partial charge in [0.05, 0.1) is 6.10 Å². The molecule has 0 radical (unpaired) electrons. The fourth-order valence-electron chi connectivity index (χ4n) is 2.18. The summed E-state index contributed by atoms with van der Waals surface area (Å²) in [7, 11) is 0. The first kappa shape index (κ1) is 12.1. The van der Waals surface area contributed by atoms with Gasteiger partial charge in [-0.2, -0.15) is 0 Å². The van der Waals surface area contributed by atoms with Gasteiger partial charge >= 0.3 is 0 Å². The van der Waals surface area contributed by atoms with Crippen molar-refractivity contribution in [3.05, 3.63) is 33.8 Å². The molecule has 1 heterocycles. The second kappa shape index (κ2) is 5.30. The molecule has 2 nitrogen and oxygen atoms in total. The molecule has 0 aromatic heterocycles. The van der Waals surface area contributed by atoms with Crippen molar-refractivity contribution in [3.8, 4) is 0 Å². The summed E-state index contributed by atoms with van der Waals surface area (Å²) in [5.74, 6) is 0.326. The number of benzene rings is 1. The lowest BCUT2D eigenvalue weighted by Crippen LogP contribution is -2.22. The van der Waals surface area contributed by atoms with Crippen LogP contribution >= 0.6 is 15.9 Å². The molecule has 0 bridgehead atoms. The maximum absolute atomic E-state index is 10.4. The van der Waals surface area contributed by atoms with E-state index in [-0.39, 0.29) is 6.10 Å². The van der Waals surface area contributed by atoms with Gasteiger partial charge in [0.2, 0.25) is 0 Å². The Bertz CT molecular complexity index is 359. The molecular weight excluding hydrogens is 268 g/mol. The summed E-state index contributed by atoms with van der Waals surface area (Å²) in [5.41, 5.74) is 2.19. The predicted octanol–water partition coefficient (Wildman–Crippen LogP) is 3.22. The van der Waals surface area contributed by atoms with E-state index >= 15 is 0 Å². The fraction of sp³-hybridized carbons (Fsp3) is 0.538. The highest BCUT2D eigenvalue weighted by Gasteiger charge is 2.24. The predicted molar refractivity (Wildman–Crippen MR) is 67.4 cm³/mol. The van der Waals surface area contributed by atoms with Crippen LogP contribution in [0.5, 0.6) is 0 Å². The van der Waals surface area contributed by atoms with Crippen LogP contribution in [-0.4, -0.2) is 18.3 Å². The Kier molecular flexibility index (Phi) is 4.00. The van der Waals surface area contributed by atoms with E-state index in [2.05, 4.69) is 22.0 Å². The zero-order valence-corrected chi connectivity index (χ0v) is 11.0. The van der Waals surface area contributed by atoms with Crippen molar-refractivity contribution in [2.75, 3.05) is 13.2 Å². The molecule has 88 valence electrons. The topological polar surface area (TPSA) is 29.5 Å². The van der Waals surface area contributed by atoms with Crippen LogP contribution in [0.1, 0.15) is 30.1 Å². The van der Waals surface area contributed by atoms with Crippen LogP contribution in [0.3, 0.4) is 0 Å². The number of halogens is 1. The van der Waals surface area contributed by atoms with Crippen molar-refractivity contribution in [1.82, 2.24) is 0 Å². The highest BCUT2D eigenvalue weighted by atomic mass is 79.9. The number of aliphatic hydroxyl groups is 1. The van der Waals surface area contributed by atoms with E-state index in [0.29, 0.717) is 5.92 Å². The van der Waals surface area contributed by atoms with Gasteiger partial charge in [0.1, 0.15) is 0 Å². The smallest absolute Gasteiger partial charge is 0.0830 e. The van der Waals surface area contributed by atoms with Gasteiger partial charge in [0.15, 0.2) is 0 Å². The monoisotopic (exact) mass is 284 g/mol. The maximum Gasteiger partial charge on any atom is 0.0830 e. The van der Waals surface area contributed by atoms with Gasteiger partial charge in [0, 0.05) is 17.7 Å². The van der Waals surface area contributed by atoms with Crippen LogP contribution in [0, 0.1) is 12.8 Å². The molecule has 1 atom stereocenters. The standard InChI is InChI=1S/C13H17BrO2/c1-9-2-3-12(14)11(8-9)13(15)10-4-6-16-7-5-10/h2-3,8,10,13,15H,4-7H2,1H3. The minimum atomic E-state index is -0.377. The van der Waals surface area contributed by atoms with Gasteiger partial charge in [0.25, 0.3) is 0 Å². The molecule has 1 saturated heterocycles. The second-order valence-electron chi connectivity index (χ2n) is 4.42. The third-order valence-corrected chi connectivity index (χ3v) is 3.90. The summed E-state index contributed by atoms with van der Waals surface area (Å²) in [4.78, 5) is 0. The number of aliphatic hydroxyl groups excluding tert-OH is 1. The quantitative estimate of drug-likeness (QED) is 0.904. The van der Waals surface area contributed by atoms with Gasteiger partial charge in [-0.25, -0.2) is 0 Å². The molecule has 1 aromatic carbocycles. The Morgan fingerprint density at radius 3 is 2.75 bits per heavy atom. The molecular formula is C13H17BrO2. The van der Waals surface area contributed by atoms with Gasteiger partial charge in [-0.1, -0.05) is 33.6 Å². The van der Waals surface area contributed by atoms with Crippen LogP contribution in [0.25, 0.3) is 0 Å². The molecule has 0 saturated carbocycles. The zero-order valence-electron chi connectivity index (χ0n) is 9.45. The summed E-state index contributed by atoms with van der Waals surface area (Å²) in [6.07, 6.45) is 1.52. The third kappa shape index (κ3) is 2.65. The lowest BCUT2D eigenvalue weighted by atomic mass is 9.89. The molecule has 16 heavy (non-hydrogen) atoms. The Morgan fingerprint density at radius 1 is 1.38 bits per heavy atom. The van der Waals surface area contributed by atoms with Crippen LogP contribution in [-0.2, 0) is 4.74 Å². The Labute approximate surface area is 105 Å². The minimum absolute atomic E-state index is 0.326. The summed E-state index contributed by atoms with van der Waals surface area (Å²) in [5, 5.41) is 10.4. The Hall–Kier alpha value is -0.380. The molecule has 1 aromatic rings. The Morgan fingerprint density at radius 2 is 2.06 bits per heavy atom. The number of hydrogen-bond donors (Lipinski definition) is 1. The van der Waals surface area contributed by atoms with Gasteiger partial charge < -0.3 is 9.84 Å². The number of hydrogen-bond acceptors (Lipinski definition) is 2. The van der Waals surface area contributed by atoms with Crippen molar-refractivity contribution >= 4 is 15.9 Å². The largest absolute Gasteiger partial charge is 0.388 e. The minimum Gasteiger partial charge on any atom is -0.388 e. The van der Waals surface area contributed by atoms with E-state index in [1.165, 1.54) is 5.56 Å². The van der Waals surface area contributed by atoms with Crippen LogP contribution < -0.4 is 0 Å². The fourth-order valence-corrected chi connectivity index (χ4v) is 2.66. The van der Waals surface area contributed by atoms with E-state index < -0.39 is 0 Å². The second-order valence-corrected chi connectivity index (χ2v) is 5.27. The van der Waals surface area contributed by atoms with E-state index in [4.69, 9.17) is 4.74 Å². The van der Waals surface area contributed by atoms with Gasteiger partial charge in [-0.05, 0) is 37.3 Å². The average molecular weight is 285 g/mol. The summed E-state index contributed by atoms with van der Waals surface area (Å²) in [6, 6.07) is 6.11. The van der Waals surface area contributed by atoms with Gasteiger partial charge in [-0.15, -0.1) is 0 Å². The lowest BCUT2D eigenvalue weighted by Gasteiger charge is -2.27. The SMILES string of the molecule is Cc1ccc(Br)c(C(O)C2CCOCC2)c1. The highest BCUT2D eigenvalue weighted by molar-refractivity contribution is 9.10. The molecule has 0 aliphatic carbocycles. The zero-order chi connectivity index (χ0) is 11.5. The van der Waals surface area contributed by atoms with E-state index in [1.807, 2.05) is 19.1 Å². The molecule has 1 fully saturated rings. The van der Waals surface area contributed by atoms with Crippen molar-refractivity contribution in [2.45, 2.75) is 25.9 Å². The number of ether oxygens (including phenoxy) is 1. The van der Waals surface area contributed by atoms with Crippen LogP contribution in [0.15, 0.2) is 22.7 Å². The molecule has 1 aliphatic rings. The third-order valence-electron chi connectivity index (χ3n) is 3.18. The van der Waals surface area contributed by atoms with Gasteiger partial charge in [-0.3, -0.25) is 0 Å². The summed E-state index contributed by atoms with van der Waals surface area (Å²) >= 11 is 3.51. The molecule has 1 aliphatic heterocycles. The number of aryl methyl sites for hydroxylation is 1. The molecule has 0 spiro atoms. The molecule has 0 amide bonds. The van der Waals surface area contributed by atoms with E-state index in [1.54, 1.807) is 0 Å². The first-order chi connectivity index (χ1) is 7.68. The molecule has 3 heteroatoms. The summed E-state index contributed by atoms with van der Waals surface area (Å²) < 4.78 is 6.31. The van der Waals surface area contributed by atoms with Crippen LogP contribution in [0.4, 0.5) is 0 Å². The normalized spacial score (nSPS) is 19.7. The maximum atomic E-state index is 10.4.